The summed E-state index contributed by atoms with van der Waals surface area (Å²) in [5, 5.41) is 28.1. The second kappa shape index (κ2) is 6.99. The number of phenolic OH excluding ortho intramolecular Hbond substituents is 2. The minimum Gasteiger partial charge on any atom is -0.508 e. The first-order chi connectivity index (χ1) is 8.92. The van der Waals surface area contributed by atoms with Crippen LogP contribution in [0.5, 0.6) is 11.5 Å². The van der Waals surface area contributed by atoms with Gasteiger partial charge < -0.3 is 20.1 Å². The number of esters is 1. The van der Waals surface area contributed by atoms with Crippen LogP contribution in [0, 0.1) is 5.92 Å². The lowest BCUT2D eigenvalue weighted by Crippen LogP contribution is -2.19. The number of carbonyl (C=O) groups is 1. The Hall–Kier alpha value is -1.75. The summed E-state index contributed by atoms with van der Waals surface area (Å²) in [6.07, 6.45) is 0.249. The summed E-state index contributed by atoms with van der Waals surface area (Å²) in [4.78, 5) is 11.5. The molecular weight excluding hydrogens is 248 g/mol. The first-order valence-electron chi connectivity index (χ1n) is 6.23. The lowest BCUT2D eigenvalue weighted by molar-refractivity contribution is -0.148. The molecule has 0 fully saturated rings. The molecule has 5 nitrogen and oxygen atoms in total. The SMILES string of the molecule is CC(C)OC(=O)CC(CO)Cc1ccc(O)cc1O. The minimum atomic E-state index is -0.368. The third kappa shape index (κ3) is 5.18. The Labute approximate surface area is 112 Å². The third-order valence-electron chi connectivity index (χ3n) is 2.66. The van der Waals surface area contributed by atoms with Gasteiger partial charge in [-0.3, -0.25) is 4.79 Å². The Balaban J connectivity index is 2.63. The molecule has 0 amide bonds. The molecule has 0 saturated carbocycles. The van der Waals surface area contributed by atoms with Gasteiger partial charge in [0.05, 0.1) is 12.5 Å². The largest absolute Gasteiger partial charge is 0.508 e. The van der Waals surface area contributed by atoms with Crippen LogP contribution in [0.4, 0.5) is 0 Å². The number of benzene rings is 1. The van der Waals surface area contributed by atoms with Crippen LogP contribution in [0.25, 0.3) is 0 Å². The molecule has 0 saturated heterocycles. The van der Waals surface area contributed by atoms with E-state index in [1.807, 2.05) is 0 Å². The molecular formula is C14H20O5. The van der Waals surface area contributed by atoms with E-state index in [1.54, 1.807) is 19.9 Å². The minimum absolute atomic E-state index is 0.0268. The Morgan fingerprint density at radius 1 is 1.32 bits per heavy atom. The molecule has 0 bridgehead atoms. The van der Waals surface area contributed by atoms with Gasteiger partial charge in [-0.25, -0.2) is 0 Å². The number of aromatic hydroxyl groups is 2. The van der Waals surface area contributed by atoms with Crippen LogP contribution < -0.4 is 0 Å². The second-order valence-corrected chi connectivity index (χ2v) is 4.81. The number of hydrogen-bond donors (Lipinski definition) is 3. The maximum absolute atomic E-state index is 11.5. The molecule has 1 atom stereocenters. The van der Waals surface area contributed by atoms with Crippen LogP contribution in [0.3, 0.4) is 0 Å². The lowest BCUT2D eigenvalue weighted by Gasteiger charge is -2.15. The van der Waals surface area contributed by atoms with Crippen LogP contribution in [0.2, 0.25) is 0 Å². The second-order valence-electron chi connectivity index (χ2n) is 4.81. The van der Waals surface area contributed by atoms with Crippen LogP contribution in [0.15, 0.2) is 18.2 Å². The number of aliphatic hydroxyl groups excluding tert-OH is 1. The number of phenols is 2. The van der Waals surface area contributed by atoms with Crippen molar-refractivity contribution in [3.63, 3.8) is 0 Å². The fraction of sp³-hybridized carbons (Fsp3) is 0.500. The molecule has 1 rings (SSSR count). The predicted molar refractivity (Wildman–Crippen MR) is 69.9 cm³/mol. The molecule has 19 heavy (non-hydrogen) atoms. The highest BCUT2D eigenvalue weighted by atomic mass is 16.5. The molecule has 106 valence electrons. The number of rotatable bonds is 6. The Morgan fingerprint density at radius 3 is 2.53 bits per heavy atom. The van der Waals surface area contributed by atoms with Crippen LogP contribution in [0.1, 0.15) is 25.8 Å². The van der Waals surface area contributed by atoms with E-state index in [9.17, 15) is 20.1 Å². The van der Waals surface area contributed by atoms with E-state index < -0.39 is 0 Å². The number of aliphatic hydroxyl groups is 1. The van der Waals surface area contributed by atoms with Crippen molar-refractivity contribution < 1.29 is 24.9 Å². The Bertz CT molecular complexity index is 428. The molecule has 1 unspecified atom stereocenters. The number of carbonyl (C=O) groups excluding carboxylic acids is 1. The fourth-order valence-electron chi connectivity index (χ4n) is 1.78. The molecule has 0 aliphatic carbocycles. The summed E-state index contributed by atoms with van der Waals surface area (Å²) in [6.45, 7) is 3.35. The van der Waals surface area contributed by atoms with Crippen molar-refractivity contribution in [2.24, 2.45) is 5.92 Å². The lowest BCUT2D eigenvalue weighted by atomic mass is 9.96. The maximum Gasteiger partial charge on any atom is 0.306 e. The van der Waals surface area contributed by atoms with Crippen LogP contribution in [-0.2, 0) is 16.0 Å². The van der Waals surface area contributed by atoms with Crippen LogP contribution >= 0.6 is 0 Å². The van der Waals surface area contributed by atoms with Crippen LogP contribution in [-0.4, -0.2) is 34.0 Å². The van der Waals surface area contributed by atoms with Gasteiger partial charge >= 0.3 is 5.97 Å². The van der Waals surface area contributed by atoms with Crippen molar-refractivity contribution in [1.82, 2.24) is 0 Å². The van der Waals surface area contributed by atoms with E-state index in [0.717, 1.165) is 0 Å². The standard InChI is InChI=1S/C14H20O5/c1-9(2)19-14(18)6-10(8-15)5-11-3-4-12(16)7-13(11)17/h3-4,7,9-10,15-17H,5-6,8H2,1-2H3. The number of hydrogen-bond acceptors (Lipinski definition) is 5. The summed E-state index contributed by atoms with van der Waals surface area (Å²) < 4.78 is 5.02. The molecule has 0 aromatic heterocycles. The maximum atomic E-state index is 11.5. The molecule has 0 radical (unpaired) electrons. The van der Waals surface area contributed by atoms with Gasteiger partial charge in [-0.2, -0.15) is 0 Å². The molecule has 0 aliphatic rings. The van der Waals surface area contributed by atoms with E-state index in [0.29, 0.717) is 12.0 Å². The monoisotopic (exact) mass is 268 g/mol. The van der Waals surface area contributed by atoms with Crippen molar-refractivity contribution in [2.75, 3.05) is 6.61 Å². The topological polar surface area (TPSA) is 87.0 Å². The van der Waals surface area contributed by atoms with Crippen molar-refractivity contribution in [3.05, 3.63) is 23.8 Å². The average Bonchev–Trinajstić information content (AvgIpc) is 2.30. The van der Waals surface area contributed by atoms with Gasteiger partial charge in [-0.05, 0) is 37.8 Å². The highest BCUT2D eigenvalue weighted by molar-refractivity contribution is 5.69. The smallest absolute Gasteiger partial charge is 0.306 e. The zero-order valence-electron chi connectivity index (χ0n) is 11.2. The highest BCUT2D eigenvalue weighted by Crippen LogP contribution is 2.25. The van der Waals surface area contributed by atoms with Crippen molar-refractivity contribution in [3.8, 4) is 11.5 Å². The van der Waals surface area contributed by atoms with E-state index in [-0.39, 0.29) is 42.5 Å². The first-order valence-corrected chi connectivity index (χ1v) is 6.23. The molecule has 0 spiro atoms. The highest BCUT2D eigenvalue weighted by Gasteiger charge is 2.17. The fourth-order valence-corrected chi connectivity index (χ4v) is 1.78. The van der Waals surface area contributed by atoms with E-state index >= 15 is 0 Å². The quantitative estimate of drug-likeness (QED) is 0.682. The summed E-state index contributed by atoms with van der Waals surface area (Å²) in [6, 6.07) is 4.26. The van der Waals surface area contributed by atoms with E-state index in [4.69, 9.17) is 4.74 Å². The van der Waals surface area contributed by atoms with Gasteiger partial charge in [0.15, 0.2) is 0 Å². The molecule has 5 heteroatoms. The normalized spacial score (nSPS) is 12.4. The first kappa shape index (κ1) is 15.3. The van der Waals surface area contributed by atoms with Gasteiger partial charge in [-0.15, -0.1) is 0 Å². The average molecular weight is 268 g/mol. The number of ether oxygens (including phenoxy) is 1. The van der Waals surface area contributed by atoms with Crippen molar-refractivity contribution in [1.29, 1.82) is 0 Å². The Kier molecular flexibility index (Phi) is 5.63. The van der Waals surface area contributed by atoms with E-state index in [1.165, 1.54) is 12.1 Å². The zero-order chi connectivity index (χ0) is 14.4. The van der Waals surface area contributed by atoms with Crippen molar-refractivity contribution in [2.45, 2.75) is 32.8 Å². The van der Waals surface area contributed by atoms with Gasteiger partial charge in [0.1, 0.15) is 11.5 Å². The summed E-state index contributed by atoms with van der Waals surface area (Å²) in [5.41, 5.74) is 0.578. The Morgan fingerprint density at radius 2 is 2.00 bits per heavy atom. The summed E-state index contributed by atoms with van der Waals surface area (Å²) in [5.74, 6) is -0.759. The van der Waals surface area contributed by atoms with Gasteiger partial charge in [-0.1, -0.05) is 6.07 Å². The molecule has 0 heterocycles. The molecule has 0 aliphatic heterocycles. The molecule has 3 N–H and O–H groups in total. The van der Waals surface area contributed by atoms with Crippen molar-refractivity contribution >= 4 is 5.97 Å². The molecule has 1 aromatic carbocycles. The summed E-state index contributed by atoms with van der Waals surface area (Å²) >= 11 is 0. The van der Waals surface area contributed by atoms with E-state index in [2.05, 4.69) is 0 Å². The third-order valence-corrected chi connectivity index (χ3v) is 2.66. The van der Waals surface area contributed by atoms with Gasteiger partial charge in [0, 0.05) is 12.7 Å². The predicted octanol–water partition coefficient (Wildman–Crippen LogP) is 1.59. The van der Waals surface area contributed by atoms with Gasteiger partial charge in [0.25, 0.3) is 0 Å². The summed E-state index contributed by atoms with van der Waals surface area (Å²) in [7, 11) is 0. The molecule has 1 aromatic rings. The zero-order valence-corrected chi connectivity index (χ0v) is 11.2. The van der Waals surface area contributed by atoms with Gasteiger partial charge in [0.2, 0.25) is 0 Å².